The molecule has 1 heterocycles. The standard InChI is InChI=1S/C6H14N2O/c1-8-2-5(3-8)6(7)4-9/h5-6,9H,2-4,7H2,1H3. The van der Waals surface area contributed by atoms with Crippen LogP contribution in [0.5, 0.6) is 0 Å². The molecule has 1 unspecified atom stereocenters. The molecule has 0 aromatic rings. The average molecular weight is 130 g/mol. The molecule has 1 aliphatic heterocycles. The summed E-state index contributed by atoms with van der Waals surface area (Å²) in [5.41, 5.74) is 5.56. The van der Waals surface area contributed by atoms with Gasteiger partial charge in [0.15, 0.2) is 0 Å². The van der Waals surface area contributed by atoms with Crippen molar-refractivity contribution >= 4 is 0 Å². The van der Waals surface area contributed by atoms with Crippen LogP contribution >= 0.6 is 0 Å². The first-order chi connectivity index (χ1) is 4.24. The fraction of sp³-hybridized carbons (Fsp3) is 1.00. The van der Waals surface area contributed by atoms with Gasteiger partial charge in [-0.05, 0) is 7.05 Å². The Morgan fingerprint density at radius 3 is 2.67 bits per heavy atom. The van der Waals surface area contributed by atoms with Crippen LogP contribution in [-0.2, 0) is 0 Å². The summed E-state index contributed by atoms with van der Waals surface area (Å²) in [6.07, 6.45) is 0. The highest BCUT2D eigenvalue weighted by molar-refractivity contribution is 4.84. The minimum atomic E-state index is 0.00111. The average Bonchev–Trinajstić information content (AvgIpc) is 1.79. The molecule has 9 heavy (non-hydrogen) atoms. The summed E-state index contributed by atoms with van der Waals surface area (Å²) >= 11 is 0. The first-order valence-electron chi connectivity index (χ1n) is 3.29. The molecule has 0 radical (unpaired) electrons. The van der Waals surface area contributed by atoms with Crippen LogP contribution < -0.4 is 5.73 Å². The molecule has 1 atom stereocenters. The quantitative estimate of drug-likeness (QED) is 0.497. The summed E-state index contributed by atoms with van der Waals surface area (Å²) in [4.78, 5) is 2.19. The van der Waals surface area contributed by atoms with Gasteiger partial charge in [0, 0.05) is 25.0 Å². The lowest BCUT2D eigenvalue weighted by atomic mass is 9.93. The Bertz CT molecular complexity index is 91.1. The van der Waals surface area contributed by atoms with Crippen molar-refractivity contribution in [1.82, 2.24) is 4.90 Å². The van der Waals surface area contributed by atoms with Crippen molar-refractivity contribution < 1.29 is 5.11 Å². The SMILES string of the molecule is CN1CC(C(N)CO)C1. The first-order valence-corrected chi connectivity index (χ1v) is 3.29. The topological polar surface area (TPSA) is 49.5 Å². The second-order valence-electron chi connectivity index (χ2n) is 2.83. The molecule has 1 fully saturated rings. The minimum Gasteiger partial charge on any atom is -0.395 e. The Labute approximate surface area is 55.5 Å². The van der Waals surface area contributed by atoms with Gasteiger partial charge < -0.3 is 15.7 Å². The molecule has 0 amide bonds. The summed E-state index contributed by atoms with van der Waals surface area (Å²) in [5, 5.41) is 8.61. The molecule has 54 valence electrons. The highest BCUT2D eigenvalue weighted by Crippen LogP contribution is 2.14. The van der Waals surface area contributed by atoms with E-state index in [4.69, 9.17) is 10.8 Å². The third-order valence-electron chi connectivity index (χ3n) is 1.91. The van der Waals surface area contributed by atoms with E-state index in [1.165, 1.54) is 0 Å². The number of nitrogens with zero attached hydrogens (tertiary/aromatic N) is 1. The number of aliphatic hydroxyl groups excluding tert-OH is 1. The van der Waals surface area contributed by atoms with E-state index in [1.807, 2.05) is 0 Å². The summed E-state index contributed by atoms with van der Waals surface area (Å²) < 4.78 is 0. The lowest BCUT2D eigenvalue weighted by molar-refractivity contribution is 0.0870. The highest BCUT2D eigenvalue weighted by Gasteiger charge is 2.27. The third kappa shape index (κ3) is 1.41. The van der Waals surface area contributed by atoms with E-state index in [1.54, 1.807) is 0 Å². The molecule has 0 aliphatic carbocycles. The molecule has 0 bridgehead atoms. The van der Waals surface area contributed by atoms with Crippen LogP contribution in [0.4, 0.5) is 0 Å². The van der Waals surface area contributed by atoms with Gasteiger partial charge in [-0.3, -0.25) is 0 Å². The maximum absolute atomic E-state index is 8.61. The largest absolute Gasteiger partial charge is 0.395 e. The van der Waals surface area contributed by atoms with Crippen LogP contribution in [0.3, 0.4) is 0 Å². The second kappa shape index (κ2) is 2.64. The second-order valence-corrected chi connectivity index (χ2v) is 2.83. The van der Waals surface area contributed by atoms with Gasteiger partial charge in [-0.1, -0.05) is 0 Å². The van der Waals surface area contributed by atoms with E-state index in [0.717, 1.165) is 13.1 Å². The van der Waals surface area contributed by atoms with Crippen LogP contribution in [0.15, 0.2) is 0 Å². The van der Waals surface area contributed by atoms with Gasteiger partial charge in [0.2, 0.25) is 0 Å². The Morgan fingerprint density at radius 1 is 1.78 bits per heavy atom. The van der Waals surface area contributed by atoms with E-state index in [9.17, 15) is 0 Å². The zero-order valence-electron chi connectivity index (χ0n) is 5.75. The summed E-state index contributed by atoms with van der Waals surface area (Å²) in [7, 11) is 2.06. The molecule has 3 N–H and O–H groups in total. The van der Waals surface area contributed by atoms with E-state index in [2.05, 4.69) is 11.9 Å². The molecule has 0 saturated carbocycles. The van der Waals surface area contributed by atoms with Crippen molar-refractivity contribution in [1.29, 1.82) is 0 Å². The van der Waals surface area contributed by atoms with Crippen molar-refractivity contribution in [2.24, 2.45) is 11.7 Å². The summed E-state index contributed by atoms with van der Waals surface area (Å²) in [6.45, 7) is 2.21. The molecular weight excluding hydrogens is 116 g/mol. The predicted octanol–water partition coefficient (Wildman–Crippen LogP) is -1.13. The maximum Gasteiger partial charge on any atom is 0.0586 e. The number of hydrogen-bond acceptors (Lipinski definition) is 3. The number of rotatable bonds is 2. The van der Waals surface area contributed by atoms with Gasteiger partial charge in [0.1, 0.15) is 0 Å². The van der Waals surface area contributed by atoms with Crippen molar-refractivity contribution in [2.45, 2.75) is 6.04 Å². The molecule has 0 aromatic carbocycles. The number of aliphatic hydroxyl groups is 1. The number of likely N-dealkylation sites (tertiary alicyclic amines) is 1. The van der Waals surface area contributed by atoms with Crippen LogP contribution in [0.25, 0.3) is 0 Å². The molecule has 1 aliphatic rings. The van der Waals surface area contributed by atoms with Crippen molar-refractivity contribution in [3.63, 3.8) is 0 Å². The molecule has 0 spiro atoms. The highest BCUT2D eigenvalue weighted by atomic mass is 16.3. The lowest BCUT2D eigenvalue weighted by Crippen LogP contribution is -2.53. The first kappa shape index (κ1) is 6.99. The maximum atomic E-state index is 8.61. The summed E-state index contributed by atoms with van der Waals surface area (Å²) in [5.74, 6) is 0.528. The van der Waals surface area contributed by atoms with E-state index in [0.29, 0.717) is 5.92 Å². The molecule has 1 rings (SSSR count). The Balaban J connectivity index is 2.15. The molecule has 0 aromatic heterocycles. The van der Waals surface area contributed by atoms with E-state index < -0.39 is 0 Å². The van der Waals surface area contributed by atoms with Gasteiger partial charge in [-0.15, -0.1) is 0 Å². The van der Waals surface area contributed by atoms with Crippen LogP contribution in [-0.4, -0.2) is 42.8 Å². The summed E-state index contributed by atoms with van der Waals surface area (Å²) in [6, 6.07) is 0.00111. The lowest BCUT2D eigenvalue weighted by Gasteiger charge is -2.39. The Hall–Kier alpha value is -0.120. The number of nitrogens with two attached hydrogens (primary N) is 1. The minimum absolute atomic E-state index is 0.00111. The normalized spacial score (nSPS) is 25.7. The zero-order valence-corrected chi connectivity index (χ0v) is 5.75. The van der Waals surface area contributed by atoms with Gasteiger partial charge in [0.05, 0.1) is 6.61 Å². The molecule has 3 heteroatoms. The zero-order chi connectivity index (χ0) is 6.85. The van der Waals surface area contributed by atoms with Crippen LogP contribution in [0.1, 0.15) is 0 Å². The van der Waals surface area contributed by atoms with Crippen molar-refractivity contribution in [2.75, 3.05) is 26.7 Å². The fourth-order valence-corrected chi connectivity index (χ4v) is 1.17. The predicted molar refractivity (Wildman–Crippen MR) is 36.0 cm³/mol. The van der Waals surface area contributed by atoms with E-state index in [-0.39, 0.29) is 12.6 Å². The van der Waals surface area contributed by atoms with E-state index >= 15 is 0 Å². The van der Waals surface area contributed by atoms with Gasteiger partial charge in [-0.2, -0.15) is 0 Å². The van der Waals surface area contributed by atoms with Crippen molar-refractivity contribution in [3.05, 3.63) is 0 Å². The third-order valence-corrected chi connectivity index (χ3v) is 1.91. The fourth-order valence-electron chi connectivity index (χ4n) is 1.17. The van der Waals surface area contributed by atoms with Crippen LogP contribution in [0.2, 0.25) is 0 Å². The van der Waals surface area contributed by atoms with Gasteiger partial charge >= 0.3 is 0 Å². The molecule has 3 nitrogen and oxygen atoms in total. The monoisotopic (exact) mass is 130 g/mol. The Morgan fingerprint density at radius 2 is 2.33 bits per heavy atom. The molecular formula is C6H14N2O. The molecule has 1 saturated heterocycles. The van der Waals surface area contributed by atoms with Gasteiger partial charge in [-0.25, -0.2) is 0 Å². The Kier molecular flexibility index (Phi) is 2.05. The van der Waals surface area contributed by atoms with Crippen LogP contribution in [0, 0.1) is 5.92 Å². The van der Waals surface area contributed by atoms with Gasteiger partial charge in [0.25, 0.3) is 0 Å². The number of hydrogen-bond donors (Lipinski definition) is 2. The van der Waals surface area contributed by atoms with Crippen molar-refractivity contribution in [3.8, 4) is 0 Å². The smallest absolute Gasteiger partial charge is 0.0586 e.